The maximum atomic E-state index is 12.2. The molecule has 6 nitrogen and oxygen atoms in total. The number of carbonyl (C=O) groups is 3. The van der Waals surface area contributed by atoms with E-state index in [1.807, 2.05) is 33.7 Å². The summed E-state index contributed by atoms with van der Waals surface area (Å²) >= 11 is 0. The molecule has 1 aliphatic heterocycles. The Kier molecular flexibility index (Phi) is 25.4. The first-order valence-electron chi connectivity index (χ1n) is 16.0. The van der Waals surface area contributed by atoms with Crippen molar-refractivity contribution in [2.24, 2.45) is 0 Å². The van der Waals surface area contributed by atoms with E-state index in [-0.39, 0.29) is 24.7 Å². The summed E-state index contributed by atoms with van der Waals surface area (Å²) in [5, 5.41) is 15.7. The zero-order valence-corrected chi connectivity index (χ0v) is 27.7. The van der Waals surface area contributed by atoms with Crippen LogP contribution < -0.4 is 10.6 Å². The van der Waals surface area contributed by atoms with Crippen molar-refractivity contribution in [3.63, 3.8) is 0 Å². The van der Waals surface area contributed by atoms with Crippen LogP contribution in [-0.2, 0) is 14.4 Å². The lowest BCUT2D eigenvalue weighted by atomic mass is 10.1. The van der Waals surface area contributed by atoms with Gasteiger partial charge in [0.2, 0.25) is 11.8 Å². The number of amides is 2. The number of hydrogen-bond donors (Lipinski definition) is 3. The number of carboxylic acid groups (broad SMARTS) is 1. The van der Waals surface area contributed by atoms with Gasteiger partial charge in [-0.2, -0.15) is 0 Å². The van der Waals surface area contributed by atoms with Crippen molar-refractivity contribution in [3.05, 3.63) is 72.9 Å². The number of hydrogen-bond acceptors (Lipinski definition) is 5. The normalized spacial score (nSPS) is 16.5. The number of carbonyl (C=O) groups excluding carboxylic acids is 2. The molecule has 1 heterocycles. The minimum atomic E-state index is -1.04. The third-order valence-corrected chi connectivity index (χ3v) is 9.67. The zero-order valence-electron chi connectivity index (χ0n) is 26.1. The fourth-order valence-electron chi connectivity index (χ4n) is 4.22. The van der Waals surface area contributed by atoms with E-state index < -0.39 is 12.0 Å². The second-order valence-corrected chi connectivity index (χ2v) is 13.3. The highest BCUT2D eigenvalue weighted by Crippen LogP contribution is 2.39. The van der Waals surface area contributed by atoms with Gasteiger partial charge in [0.1, 0.15) is 6.04 Å². The molecule has 1 rings (SSSR count). The van der Waals surface area contributed by atoms with Gasteiger partial charge in [0.05, 0.1) is 0 Å². The number of rotatable bonds is 25. The molecule has 0 aromatic heterocycles. The lowest BCUT2D eigenvalue weighted by Crippen LogP contribution is -2.41. The molecule has 0 spiro atoms. The number of aliphatic carboxylic acids is 1. The third kappa shape index (κ3) is 24.7. The molecule has 1 fully saturated rings. The van der Waals surface area contributed by atoms with E-state index in [0.29, 0.717) is 25.8 Å². The van der Waals surface area contributed by atoms with E-state index in [1.54, 1.807) is 0 Å². The Morgan fingerprint density at radius 3 is 1.88 bits per heavy atom. The van der Waals surface area contributed by atoms with Crippen molar-refractivity contribution in [2.75, 3.05) is 12.3 Å². The zero-order chi connectivity index (χ0) is 31.2. The van der Waals surface area contributed by atoms with Gasteiger partial charge in [-0.3, -0.25) is 9.59 Å². The van der Waals surface area contributed by atoms with Crippen LogP contribution in [0, 0.1) is 0 Å². The molecule has 43 heavy (non-hydrogen) atoms. The lowest BCUT2D eigenvalue weighted by Gasteiger charge is -2.14. The van der Waals surface area contributed by atoms with Crippen LogP contribution in [0.4, 0.5) is 0 Å². The van der Waals surface area contributed by atoms with Gasteiger partial charge in [-0.15, -0.1) is 0 Å². The number of carboxylic acids is 1. The second-order valence-electron chi connectivity index (χ2n) is 10.5. The molecular weight excluding hydrogens is 577 g/mol. The van der Waals surface area contributed by atoms with Gasteiger partial charge in [0.25, 0.3) is 0 Å². The molecule has 3 N–H and O–H groups in total. The molecule has 2 atom stereocenters. The molecule has 240 valence electrons. The fourth-order valence-corrected chi connectivity index (χ4v) is 7.25. The molecule has 1 aliphatic rings. The molecule has 0 bridgehead atoms. The first kappa shape index (κ1) is 38.6. The predicted molar refractivity (Wildman–Crippen MR) is 186 cm³/mol. The van der Waals surface area contributed by atoms with Crippen molar-refractivity contribution in [1.29, 1.82) is 0 Å². The van der Waals surface area contributed by atoms with Gasteiger partial charge >= 0.3 is 5.97 Å². The van der Waals surface area contributed by atoms with Crippen molar-refractivity contribution in [3.8, 4) is 0 Å². The third-order valence-electron chi connectivity index (χ3n) is 6.67. The molecule has 2 amide bonds. The number of allylic oxidation sites excluding steroid dienone is 12. The first-order chi connectivity index (χ1) is 21.0. The predicted octanol–water partition coefficient (Wildman–Crippen LogP) is 8.64. The standard InChI is InChI=1S/C35H54N2O4S2/c1-2-3-4-5-6-7-8-9-10-11-12-13-14-15-16-17-18-19-20-27-34(39)37-32(35(40)41)25-23-29-36-33(38)26-22-21-24-31-28-30-42-43-31/h3-4,6-7,9-10,12-13,15-16,18-19,31-32H,2,5,8,11,14,17,20-30H2,1H3,(H,36,38)(H,37,39)(H,40,41)/b4-3-,7-6-,10-9-,13-12-,16-15-,19-18-/t31-,32+/m1/s1. The van der Waals surface area contributed by atoms with Crippen LogP contribution in [0.2, 0.25) is 0 Å². The highest BCUT2D eigenvalue weighted by molar-refractivity contribution is 8.77. The molecule has 0 unspecified atom stereocenters. The summed E-state index contributed by atoms with van der Waals surface area (Å²) in [4.78, 5) is 35.8. The highest BCUT2D eigenvalue weighted by atomic mass is 33.1. The number of unbranched alkanes of at least 4 members (excludes halogenated alkanes) is 1. The SMILES string of the molecule is CC/C=C\C/C=C\C/C=C\C/C=C\C/C=C\C/C=C\CCC(=O)N[C@@H](CCCNC(=O)CCCC[C@@H]1CCSS1)C(=O)O. The van der Waals surface area contributed by atoms with Gasteiger partial charge in [-0.25, -0.2) is 4.79 Å². The van der Waals surface area contributed by atoms with E-state index in [1.165, 1.54) is 18.6 Å². The monoisotopic (exact) mass is 630 g/mol. The van der Waals surface area contributed by atoms with Crippen LogP contribution in [0.5, 0.6) is 0 Å². The molecule has 8 heteroatoms. The molecule has 0 radical (unpaired) electrons. The van der Waals surface area contributed by atoms with Crippen molar-refractivity contribution < 1.29 is 19.5 Å². The smallest absolute Gasteiger partial charge is 0.326 e. The molecule has 0 aromatic rings. The van der Waals surface area contributed by atoms with E-state index in [2.05, 4.69) is 78.3 Å². The van der Waals surface area contributed by atoms with Crippen molar-refractivity contribution in [1.82, 2.24) is 10.6 Å². The maximum absolute atomic E-state index is 12.2. The quantitative estimate of drug-likeness (QED) is 0.0531. The van der Waals surface area contributed by atoms with Crippen molar-refractivity contribution in [2.45, 2.75) is 115 Å². The van der Waals surface area contributed by atoms with Crippen LogP contribution in [0.3, 0.4) is 0 Å². The summed E-state index contributed by atoms with van der Waals surface area (Å²) < 4.78 is 0. The Morgan fingerprint density at radius 1 is 0.767 bits per heavy atom. The molecule has 0 aliphatic carbocycles. The summed E-state index contributed by atoms with van der Waals surface area (Å²) in [6.07, 6.45) is 37.9. The lowest BCUT2D eigenvalue weighted by molar-refractivity contribution is -0.142. The van der Waals surface area contributed by atoms with E-state index in [4.69, 9.17) is 0 Å². The topological polar surface area (TPSA) is 95.5 Å². The van der Waals surface area contributed by atoms with Gasteiger partial charge in [0.15, 0.2) is 0 Å². The minimum Gasteiger partial charge on any atom is -0.480 e. The largest absolute Gasteiger partial charge is 0.480 e. The Balaban J connectivity index is 2.05. The Morgan fingerprint density at radius 2 is 1.35 bits per heavy atom. The summed E-state index contributed by atoms with van der Waals surface area (Å²) in [7, 11) is 3.91. The summed E-state index contributed by atoms with van der Waals surface area (Å²) in [6, 6.07) is -0.934. The average molecular weight is 631 g/mol. The van der Waals surface area contributed by atoms with Crippen LogP contribution in [0.1, 0.15) is 103 Å². The van der Waals surface area contributed by atoms with E-state index >= 15 is 0 Å². The molecule has 1 saturated heterocycles. The fraction of sp³-hybridized carbons (Fsp3) is 0.571. The van der Waals surface area contributed by atoms with Crippen molar-refractivity contribution >= 4 is 39.4 Å². The first-order valence-corrected chi connectivity index (χ1v) is 18.4. The molecule has 0 aromatic carbocycles. The molecule has 0 saturated carbocycles. The summed E-state index contributed by atoms with van der Waals surface area (Å²) in [5.41, 5.74) is 0. The maximum Gasteiger partial charge on any atom is 0.326 e. The second kappa shape index (κ2) is 28.3. The van der Waals surface area contributed by atoms with Gasteiger partial charge in [-0.1, -0.05) is 108 Å². The average Bonchev–Trinajstić information content (AvgIpc) is 3.51. The van der Waals surface area contributed by atoms with E-state index in [9.17, 15) is 19.5 Å². The summed E-state index contributed by atoms with van der Waals surface area (Å²) in [6.45, 7) is 2.57. The minimum absolute atomic E-state index is 0.0146. The van der Waals surface area contributed by atoms with Gasteiger partial charge < -0.3 is 15.7 Å². The van der Waals surface area contributed by atoms with E-state index in [0.717, 1.165) is 56.6 Å². The van der Waals surface area contributed by atoms with Crippen LogP contribution in [0.25, 0.3) is 0 Å². The van der Waals surface area contributed by atoms with Gasteiger partial charge in [0, 0.05) is 30.4 Å². The Labute approximate surface area is 268 Å². The van der Waals surface area contributed by atoms with Gasteiger partial charge in [-0.05, 0) is 77.0 Å². The van der Waals surface area contributed by atoms with Crippen LogP contribution >= 0.6 is 21.6 Å². The number of nitrogens with one attached hydrogen (secondary N) is 2. The highest BCUT2D eigenvalue weighted by Gasteiger charge is 2.19. The Bertz CT molecular complexity index is 934. The Hall–Kier alpha value is -2.45. The summed E-state index contributed by atoms with van der Waals surface area (Å²) in [5.74, 6) is -0.0658. The van der Waals surface area contributed by atoms with Crippen LogP contribution in [0.15, 0.2) is 72.9 Å². The van der Waals surface area contributed by atoms with Crippen LogP contribution in [-0.4, -0.2) is 46.5 Å². The molecular formula is C35H54N2O4S2.